The average molecular weight is 504 g/mol. The van der Waals surface area contributed by atoms with Gasteiger partial charge in [0.05, 0.1) is 25.8 Å². The van der Waals surface area contributed by atoms with Crippen molar-refractivity contribution >= 4 is 35.8 Å². The summed E-state index contributed by atoms with van der Waals surface area (Å²) in [5.41, 5.74) is 0.304. The standard InChI is InChI=1S/C23H29N5O8/c1-35-16-7-5-14(6-8-16)21(32)26-17-9-10-19(29)27-11-3-4-18(28(27)23(17)34)22(33)25-15(12-20(30)31)13-24-36-2/h5-8,13,15,17-18H,3-4,9-12H2,1-2H3,(H,25,33)(H,26,32)(H,30,31)/b24-13-/t15-,17-,18-/m0/s1. The van der Waals surface area contributed by atoms with Gasteiger partial charge in [0.15, 0.2) is 0 Å². The molecular weight excluding hydrogens is 474 g/mol. The first-order chi connectivity index (χ1) is 17.2. The summed E-state index contributed by atoms with van der Waals surface area (Å²) in [5, 5.41) is 20.2. The predicted molar refractivity (Wildman–Crippen MR) is 125 cm³/mol. The van der Waals surface area contributed by atoms with Crippen molar-refractivity contribution in [3.8, 4) is 5.75 Å². The Morgan fingerprint density at radius 3 is 2.56 bits per heavy atom. The van der Waals surface area contributed by atoms with E-state index < -0.39 is 48.2 Å². The minimum absolute atomic E-state index is 0.00622. The van der Waals surface area contributed by atoms with Crippen molar-refractivity contribution in [2.75, 3.05) is 20.8 Å². The number of carboxylic acids is 1. The van der Waals surface area contributed by atoms with Gasteiger partial charge >= 0.3 is 5.97 Å². The lowest BCUT2D eigenvalue weighted by Gasteiger charge is -2.43. The number of nitrogens with one attached hydrogen (secondary N) is 2. The molecule has 3 rings (SSSR count). The number of hydrogen-bond donors (Lipinski definition) is 3. The van der Waals surface area contributed by atoms with Gasteiger partial charge in [-0.15, -0.1) is 0 Å². The van der Waals surface area contributed by atoms with Gasteiger partial charge in [0.25, 0.3) is 11.8 Å². The van der Waals surface area contributed by atoms with Gasteiger partial charge in [-0.25, -0.2) is 5.01 Å². The summed E-state index contributed by atoms with van der Waals surface area (Å²) in [4.78, 5) is 68.0. The maximum Gasteiger partial charge on any atom is 0.305 e. The van der Waals surface area contributed by atoms with E-state index in [1.165, 1.54) is 19.2 Å². The highest BCUT2D eigenvalue weighted by Crippen LogP contribution is 2.25. The van der Waals surface area contributed by atoms with Crippen molar-refractivity contribution in [3.05, 3.63) is 29.8 Å². The number of carboxylic acid groups (broad SMARTS) is 1. The molecule has 0 spiro atoms. The molecule has 2 heterocycles. The number of carbonyl (C=O) groups is 5. The van der Waals surface area contributed by atoms with Gasteiger partial charge in [0.2, 0.25) is 11.8 Å². The lowest BCUT2D eigenvalue weighted by Crippen LogP contribution is -2.64. The molecule has 0 aliphatic carbocycles. The third-order valence-electron chi connectivity index (χ3n) is 5.89. The summed E-state index contributed by atoms with van der Waals surface area (Å²) < 4.78 is 5.09. The minimum Gasteiger partial charge on any atom is -0.497 e. The number of benzene rings is 1. The Labute approximate surface area is 207 Å². The van der Waals surface area contributed by atoms with Crippen LogP contribution in [0.2, 0.25) is 0 Å². The zero-order valence-corrected chi connectivity index (χ0v) is 20.0. The molecule has 2 fully saturated rings. The number of oxime groups is 1. The number of carbonyl (C=O) groups excluding carboxylic acids is 4. The van der Waals surface area contributed by atoms with Crippen molar-refractivity contribution < 1.29 is 38.7 Å². The van der Waals surface area contributed by atoms with Gasteiger partial charge in [-0.3, -0.25) is 29.0 Å². The van der Waals surface area contributed by atoms with Gasteiger partial charge in [0.1, 0.15) is 24.9 Å². The molecule has 0 radical (unpaired) electrons. The molecular formula is C23H29N5O8. The molecule has 194 valence electrons. The molecule has 2 aliphatic heterocycles. The fourth-order valence-electron chi connectivity index (χ4n) is 4.13. The van der Waals surface area contributed by atoms with Crippen LogP contribution in [-0.2, 0) is 24.0 Å². The Morgan fingerprint density at radius 2 is 1.92 bits per heavy atom. The van der Waals surface area contributed by atoms with E-state index in [9.17, 15) is 24.0 Å². The molecule has 1 aromatic rings. The second kappa shape index (κ2) is 12.0. The van der Waals surface area contributed by atoms with Crippen molar-refractivity contribution in [3.63, 3.8) is 0 Å². The fourth-order valence-corrected chi connectivity index (χ4v) is 4.13. The van der Waals surface area contributed by atoms with Crippen LogP contribution in [0.5, 0.6) is 5.75 Å². The SMILES string of the molecule is CO/N=C\[C@H](CC(=O)O)NC(=O)[C@@H]1CCCN2C(=O)CC[C@H](NC(=O)c3ccc(OC)cc3)C(=O)N12. The van der Waals surface area contributed by atoms with E-state index >= 15 is 0 Å². The Kier molecular flexibility index (Phi) is 8.81. The van der Waals surface area contributed by atoms with Gasteiger partial charge in [-0.1, -0.05) is 5.16 Å². The summed E-state index contributed by atoms with van der Waals surface area (Å²) in [6.45, 7) is 0.247. The summed E-state index contributed by atoms with van der Waals surface area (Å²) in [6, 6.07) is 3.23. The number of aliphatic carboxylic acids is 1. The van der Waals surface area contributed by atoms with Crippen LogP contribution in [0.25, 0.3) is 0 Å². The molecule has 4 amide bonds. The second-order valence-corrected chi connectivity index (χ2v) is 8.30. The topological polar surface area (TPSA) is 167 Å². The van der Waals surface area contributed by atoms with E-state index in [0.29, 0.717) is 17.7 Å². The number of methoxy groups -OCH3 is 1. The Morgan fingerprint density at radius 1 is 1.19 bits per heavy atom. The maximum atomic E-state index is 13.5. The second-order valence-electron chi connectivity index (χ2n) is 8.30. The molecule has 1 aromatic carbocycles. The zero-order valence-electron chi connectivity index (χ0n) is 20.0. The molecule has 3 atom stereocenters. The number of hydrazine groups is 1. The van der Waals surface area contributed by atoms with Crippen molar-refractivity contribution in [2.24, 2.45) is 5.16 Å². The highest BCUT2D eigenvalue weighted by Gasteiger charge is 2.44. The number of hydrogen-bond acceptors (Lipinski definition) is 8. The van der Waals surface area contributed by atoms with Crippen LogP contribution >= 0.6 is 0 Å². The van der Waals surface area contributed by atoms with E-state index in [1.54, 1.807) is 24.3 Å². The van der Waals surface area contributed by atoms with Crippen molar-refractivity contribution in [2.45, 2.75) is 50.2 Å². The third kappa shape index (κ3) is 6.29. The molecule has 0 aromatic heterocycles. The maximum absolute atomic E-state index is 13.5. The summed E-state index contributed by atoms with van der Waals surface area (Å²) in [6.07, 6.45) is 1.48. The van der Waals surface area contributed by atoms with E-state index in [2.05, 4.69) is 20.6 Å². The summed E-state index contributed by atoms with van der Waals surface area (Å²) in [7, 11) is 2.78. The monoisotopic (exact) mass is 503 g/mol. The average Bonchev–Trinajstić information content (AvgIpc) is 2.99. The number of amides is 4. The highest BCUT2D eigenvalue weighted by atomic mass is 16.6. The van der Waals surface area contributed by atoms with Gasteiger partial charge in [0, 0.05) is 18.5 Å². The van der Waals surface area contributed by atoms with Gasteiger partial charge in [-0.2, -0.15) is 0 Å². The van der Waals surface area contributed by atoms with Crippen LogP contribution in [0.4, 0.5) is 0 Å². The molecule has 2 aliphatic rings. The van der Waals surface area contributed by atoms with Gasteiger partial charge in [-0.05, 0) is 43.5 Å². The Bertz CT molecular complexity index is 1030. The first-order valence-corrected chi connectivity index (χ1v) is 11.4. The molecule has 2 saturated heterocycles. The van der Waals surface area contributed by atoms with Gasteiger partial charge < -0.3 is 25.3 Å². The molecule has 0 bridgehead atoms. The summed E-state index contributed by atoms with van der Waals surface area (Å²) in [5.74, 6) is -2.69. The molecule has 36 heavy (non-hydrogen) atoms. The normalized spacial score (nSPS) is 20.8. The zero-order chi connectivity index (χ0) is 26.2. The van der Waals surface area contributed by atoms with Crippen molar-refractivity contribution in [1.29, 1.82) is 0 Å². The quantitative estimate of drug-likeness (QED) is 0.311. The molecule has 0 saturated carbocycles. The first kappa shape index (κ1) is 26.4. The predicted octanol–water partition coefficient (Wildman–Crippen LogP) is -0.0863. The lowest BCUT2D eigenvalue weighted by molar-refractivity contribution is -0.176. The highest BCUT2D eigenvalue weighted by molar-refractivity contribution is 6.00. The third-order valence-corrected chi connectivity index (χ3v) is 5.89. The van der Waals surface area contributed by atoms with Crippen LogP contribution in [0.15, 0.2) is 29.4 Å². The van der Waals surface area contributed by atoms with Crippen LogP contribution < -0.4 is 15.4 Å². The molecule has 13 heteroatoms. The lowest BCUT2D eigenvalue weighted by atomic mass is 10.0. The summed E-state index contributed by atoms with van der Waals surface area (Å²) >= 11 is 0. The van der Waals surface area contributed by atoms with E-state index in [1.807, 2.05) is 0 Å². The van der Waals surface area contributed by atoms with Crippen LogP contribution in [0.1, 0.15) is 42.5 Å². The van der Waals surface area contributed by atoms with Crippen molar-refractivity contribution in [1.82, 2.24) is 20.7 Å². The Hall–Kier alpha value is -4.16. The smallest absolute Gasteiger partial charge is 0.305 e. The molecule has 3 N–H and O–H groups in total. The van der Waals surface area contributed by atoms with E-state index in [0.717, 1.165) is 11.2 Å². The molecule has 13 nitrogen and oxygen atoms in total. The Balaban J connectivity index is 1.80. The molecule has 0 unspecified atom stereocenters. The number of nitrogens with zero attached hydrogens (tertiary/aromatic N) is 3. The minimum atomic E-state index is -1.17. The fraction of sp³-hybridized carbons (Fsp3) is 0.478. The van der Waals surface area contributed by atoms with E-state index in [-0.39, 0.29) is 31.7 Å². The van der Waals surface area contributed by atoms with Crippen LogP contribution in [0, 0.1) is 0 Å². The van der Waals surface area contributed by atoms with Crippen LogP contribution in [-0.4, -0.2) is 89.8 Å². The largest absolute Gasteiger partial charge is 0.497 e. The first-order valence-electron chi connectivity index (χ1n) is 11.4. The van der Waals surface area contributed by atoms with Crippen LogP contribution in [0.3, 0.4) is 0 Å². The van der Waals surface area contributed by atoms with E-state index in [4.69, 9.17) is 9.84 Å². The number of ether oxygens (including phenoxy) is 1. The number of fused-ring (bicyclic) bond motifs is 1. The number of rotatable bonds is 9.